The third kappa shape index (κ3) is 6.42. The molecule has 1 aliphatic heterocycles. The lowest BCUT2D eigenvalue weighted by Crippen LogP contribution is -2.48. The van der Waals surface area contributed by atoms with E-state index in [4.69, 9.17) is 0 Å². The topological polar surface area (TPSA) is 39.7 Å². The van der Waals surface area contributed by atoms with Gasteiger partial charge in [-0.1, -0.05) is 17.9 Å². The number of rotatable bonds is 4. The minimum atomic E-state index is -4.36. The summed E-state index contributed by atoms with van der Waals surface area (Å²) in [7, 11) is 0. The normalized spacial score (nSPS) is 15.5. The molecule has 30 heavy (non-hydrogen) atoms. The number of guanidine groups is 1. The van der Waals surface area contributed by atoms with E-state index in [-0.39, 0.29) is 6.54 Å². The van der Waals surface area contributed by atoms with Gasteiger partial charge in [0.15, 0.2) is 5.96 Å². The van der Waals surface area contributed by atoms with Crippen LogP contribution in [0.5, 0.6) is 0 Å². The molecule has 4 nitrogen and oxygen atoms in total. The van der Waals surface area contributed by atoms with E-state index >= 15 is 0 Å². The van der Waals surface area contributed by atoms with Gasteiger partial charge in [0.2, 0.25) is 0 Å². The highest BCUT2D eigenvalue weighted by Gasteiger charge is 2.30. The van der Waals surface area contributed by atoms with Crippen molar-refractivity contribution in [1.29, 1.82) is 0 Å². The minimum absolute atomic E-state index is 0.208. The zero-order chi connectivity index (χ0) is 21.4. The van der Waals surface area contributed by atoms with Crippen LogP contribution in [0.25, 0.3) is 0 Å². The number of hydrogen-bond donors (Lipinski definition) is 2. The van der Waals surface area contributed by atoms with Crippen LogP contribution in [0, 0.1) is 11.8 Å². The SMILES string of the molecule is CCNC(=NCC#Cc1cccc(C(F)(F)F)c1)NC1CCN(c2cccs2)CC1. The van der Waals surface area contributed by atoms with E-state index in [1.807, 2.05) is 6.92 Å². The Labute approximate surface area is 179 Å². The van der Waals surface area contributed by atoms with Crippen molar-refractivity contribution < 1.29 is 13.2 Å². The number of piperidine rings is 1. The second kappa shape index (κ2) is 10.4. The Morgan fingerprint density at radius 1 is 1.23 bits per heavy atom. The highest BCUT2D eigenvalue weighted by Crippen LogP contribution is 2.29. The smallest absolute Gasteiger partial charge is 0.363 e. The number of anilines is 1. The van der Waals surface area contributed by atoms with Gasteiger partial charge in [0.1, 0.15) is 6.54 Å². The van der Waals surface area contributed by atoms with Crippen molar-refractivity contribution in [3.05, 3.63) is 52.9 Å². The fourth-order valence-electron chi connectivity index (χ4n) is 3.24. The molecule has 0 saturated carbocycles. The summed E-state index contributed by atoms with van der Waals surface area (Å²) < 4.78 is 38.4. The Kier molecular flexibility index (Phi) is 7.63. The number of aliphatic imine (C=N–C) groups is 1. The Hall–Kier alpha value is -2.66. The fraction of sp³-hybridized carbons (Fsp3) is 0.409. The largest absolute Gasteiger partial charge is 0.416 e. The number of alkyl halides is 3. The molecule has 1 fully saturated rings. The van der Waals surface area contributed by atoms with Crippen LogP contribution in [0.3, 0.4) is 0 Å². The summed E-state index contributed by atoms with van der Waals surface area (Å²) in [4.78, 5) is 6.85. The van der Waals surface area contributed by atoms with Gasteiger partial charge < -0.3 is 15.5 Å². The van der Waals surface area contributed by atoms with Gasteiger partial charge in [-0.05, 0) is 55.5 Å². The highest BCUT2D eigenvalue weighted by molar-refractivity contribution is 7.14. The summed E-state index contributed by atoms with van der Waals surface area (Å²) in [5.41, 5.74) is -0.361. The van der Waals surface area contributed by atoms with Crippen LogP contribution in [0.2, 0.25) is 0 Å². The van der Waals surface area contributed by atoms with Crippen LogP contribution >= 0.6 is 11.3 Å². The molecule has 0 aliphatic carbocycles. The summed E-state index contributed by atoms with van der Waals surface area (Å²) in [6, 6.07) is 9.58. The van der Waals surface area contributed by atoms with Gasteiger partial charge in [-0.15, -0.1) is 11.3 Å². The number of hydrogen-bond acceptors (Lipinski definition) is 3. The summed E-state index contributed by atoms with van der Waals surface area (Å²) >= 11 is 1.76. The fourth-order valence-corrected chi connectivity index (χ4v) is 4.03. The minimum Gasteiger partial charge on any atom is -0.363 e. The quantitative estimate of drug-likeness (QED) is 0.427. The van der Waals surface area contributed by atoms with Crippen molar-refractivity contribution in [2.75, 3.05) is 31.1 Å². The number of halogens is 3. The monoisotopic (exact) mass is 434 g/mol. The lowest BCUT2D eigenvalue weighted by Gasteiger charge is -2.33. The number of nitrogens with one attached hydrogen (secondary N) is 2. The molecule has 0 bridgehead atoms. The van der Waals surface area contributed by atoms with Gasteiger partial charge in [-0.25, -0.2) is 4.99 Å². The van der Waals surface area contributed by atoms with Gasteiger partial charge >= 0.3 is 6.18 Å². The molecule has 0 unspecified atom stereocenters. The summed E-state index contributed by atoms with van der Waals surface area (Å²) in [6.45, 7) is 4.91. The molecule has 0 spiro atoms. The molecule has 2 heterocycles. The van der Waals surface area contributed by atoms with Crippen LogP contribution in [0.1, 0.15) is 30.9 Å². The predicted molar refractivity (Wildman–Crippen MR) is 117 cm³/mol. The Balaban J connectivity index is 1.54. The van der Waals surface area contributed by atoms with Gasteiger partial charge in [0, 0.05) is 31.2 Å². The van der Waals surface area contributed by atoms with E-state index in [2.05, 4.69) is 49.9 Å². The van der Waals surface area contributed by atoms with E-state index in [0.717, 1.165) is 44.6 Å². The van der Waals surface area contributed by atoms with Crippen LogP contribution in [0.15, 0.2) is 46.8 Å². The molecule has 8 heteroatoms. The lowest BCUT2D eigenvalue weighted by molar-refractivity contribution is -0.137. The van der Waals surface area contributed by atoms with Crippen LogP contribution < -0.4 is 15.5 Å². The average Bonchev–Trinajstić information content (AvgIpc) is 3.26. The van der Waals surface area contributed by atoms with Crippen molar-refractivity contribution >= 4 is 22.3 Å². The third-order valence-corrected chi connectivity index (χ3v) is 5.67. The molecule has 0 atom stereocenters. The van der Waals surface area contributed by atoms with Crippen LogP contribution in [-0.2, 0) is 6.18 Å². The van der Waals surface area contributed by atoms with E-state index in [1.54, 1.807) is 17.4 Å². The first-order valence-corrected chi connectivity index (χ1v) is 10.8. The van der Waals surface area contributed by atoms with Crippen LogP contribution in [0.4, 0.5) is 18.2 Å². The molecule has 2 N–H and O–H groups in total. The van der Waals surface area contributed by atoms with Crippen molar-refractivity contribution in [3.8, 4) is 11.8 Å². The van der Waals surface area contributed by atoms with Gasteiger partial charge in [0.05, 0.1) is 10.6 Å². The molecule has 1 aromatic carbocycles. The molecule has 2 aromatic rings. The van der Waals surface area contributed by atoms with E-state index in [9.17, 15) is 13.2 Å². The van der Waals surface area contributed by atoms with Crippen molar-refractivity contribution in [2.45, 2.75) is 32.0 Å². The maximum atomic E-state index is 12.8. The van der Waals surface area contributed by atoms with Crippen molar-refractivity contribution in [1.82, 2.24) is 10.6 Å². The summed E-state index contributed by atoms with van der Waals surface area (Å²) in [5.74, 6) is 6.29. The zero-order valence-electron chi connectivity index (χ0n) is 16.8. The van der Waals surface area contributed by atoms with Crippen LogP contribution in [-0.4, -0.2) is 38.2 Å². The first-order chi connectivity index (χ1) is 14.5. The molecular weight excluding hydrogens is 409 g/mol. The van der Waals surface area contributed by atoms with Crippen molar-refractivity contribution in [3.63, 3.8) is 0 Å². The molecule has 3 rings (SSSR count). The maximum absolute atomic E-state index is 12.8. The first kappa shape index (κ1) is 22.0. The Morgan fingerprint density at radius 3 is 2.70 bits per heavy atom. The lowest BCUT2D eigenvalue weighted by atomic mass is 10.1. The standard InChI is InChI=1S/C22H25F3N4S/c1-2-26-21(28-19-10-13-29(14-11-19)20-9-5-15-30-20)27-12-4-7-17-6-3-8-18(16-17)22(23,24)25/h3,5-6,8-9,15-16,19H,2,10-14H2,1H3,(H2,26,27,28). The third-order valence-electron chi connectivity index (χ3n) is 4.74. The van der Waals surface area contributed by atoms with Gasteiger partial charge in [-0.3, -0.25) is 0 Å². The maximum Gasteiger partial charge on any atom is 0.416 e. The second-order valence-electron chi connectivity index (χ2n) is 6.93. The molecule has 1 aliphatic rings. The first-order valence-electron chi connectivity index (χ1n) is 9.95. The number of benzene rings is 1. The molecular formula is C22H25F3N4S. The highest BCUT2D eigenvalue weighted by atomic mass is 32.1. The van der Waals surface area contributed by atoms with E-state index < -0.39 is 11.7 Å². The van der Waals surface area contributed by atoms with Gasteiger partial charge in [0.25, 0.3) is 0 Å². The van der Waals surface area contributed by atoms with E-state index in [1.165, 1.54) is 11.1 Å². The molecule has 0 amide bonds. The molecule has 1 saturated heterocycles. The summed E-state index contributed by atoms with van der Waals surface area (Å²) in [5, 5.41) is 10.1. The second-order valence-corrected chi connectivity index (χ2v) is 7.86. The number of nitrogens with zero attached hydrogens (tertiary/aromatic N) is 2. The predicted octanol–water partition coefficient (Wildman–Crippen LogP) is 4.34. The molecule has 160 valence electrons. The average molecular weight is 435 g/mol. The molecule has 1 aromatic heterocycles. The van der Waals surface area contributed by atoms with Gasteiger partial charge in [-0.2, -0.15) is 13.2 Å². The number of thiophene rings is 1. The summed E-state index contributed by atoms with van der Waals surface area (Å²) in [6.07, 6.45) is -2.34. The zero-order valence-corrected chi connectivity index (χ0v) is 17.6. The Bertz CT molecular complexity index is 889. The molecule has 0 radical (unpaired) electrons. The van der Waals surface area contributed by atoms with E-state index in [0.29, 0.717) is 17.6 Å². The van der Waals surface area contributed by atoms with Crippen molar-refractivity contribution in [2.24, 2.45) is 4.99 Å². The Morgan fingerprint density at radius 2 is 2.03 bits per heavy atom.